The largest absolute Gasteiger partial charge is 0.331 e. The summed E-state index contributed by atoms with van der Waals surface area (Å²) < 4.78 is 2.15. The van der Waals surface area contributed by atoms with Crippen molar-refractivity contribution in [2.45, 2.75) is 45.4 Å². The first kappa shape index (κ1) is 13.6. The molecule has 0 saturated heterocycles. The van der Waals surface area contributed by atoms with Crippen LogP contribution in [0.3, 0.4) is 0 Å². The molecule has 3 nitrogen and oxygen atoms in total. The van der Waals surface area contributed by atoms with E-state index in [0.717, 1.165) is 23.3 Å². The molecule has 0 N–H and O–H groups in total. The summed E-state index contributed by atoms with van der Waals surface area (Å²) in [5, 5.41) is 8.91. The number of fused-ring (bicyclic) bond motifs is 1. The third kappa shape index (κ3) is 3.14. The molecule has 0 bridgehead atoms. The molecule has 1 aromatic carbocycles. The van der Waals surface area contributed by atoms with E-state index in [2.05, 4.69) is 29.6 Å². The summed E-state index contributed by atoms with van der Waals surface area (Å²) in [5.41, 5.74) is 2.73. The molecule has 19 heavy (non-hydrogen) atoms. The summed E-state index contributed by atoms with van der Waals surface area (Å²) in [7, 11) is 2.06. The minimum absolute atomic E-state index is 0.681. The lowest BCUT2D eigenvalue weighted by Crippen LogP contribution is -1.97. The van der Waals surface area contributed by atoms with Crippen LogP contribution < -0.4 is 0 Å². The van der Waals surface area contributed by atoms with Gasteiger partial charge in [0.05, 0.1) is 22.7 Å². The van der Waals surface area contributed by atoms with Gasteiger partial charge in [-0.25, -0.2) is 4.98 Å². The van der Waals surface area contributed by atoms with Gasteiger partial charge in [-0.1, -0.05) is 32.6 Å². The molecule has 0 saturated carbocycles. The first-order valence-electron chi connectivity index (χ1n) is 7.11. The van der Waals surface area contributed by atoms with Crippen molar-refractivity contribution in [3.63, 3.8) is 0 Å². The van der Waals surface area contributed by atoms with Crippen molar-refractivity contribution in [1.29, 1.82) is 5.26 Å². The van der Waals surface area contributed by atoms with Crippen LogP contribution in [0.25, 0.3) is 11.0 Å². The first-order valence-corrected chi connectivity index (χ1v) is 7.11. The van der Waals surface area contributed by atoms with E-state index in [-0.39, 0.29) is 0 Å². The number of rotatable bonds is 6. The van der Waals surface area contributed by atoms with Crippen molar-refractivity contribution in [1.82, 2.24) is 9.55 Å². The lowest BCUT2D eigenvalue weighted by molar-refractivity contribution is 0.616. The fourth-order valence-electron chi connectivity index (χ4n) is 2.43. The summed E-state index contributed by atoms with van der Waals surface area (Å²) in [6.07, 6.45) is 7.43. The quantitative estimate of drug-likeness (QED) is 0.733. The van der Waals surface area contributed by atoms with E-state index in [9.17, 15) is 0 Å². The number of aromatic nitrogens is 2. The van der Waals surface area contributed by atoms with Gasteiger partial charge >= 0.3 is 0 Å². The maximum atomic E-state index is 8.91. The van der Waals surface area contributed by atoms with E-state index in [1.165, 1.54) is 32.1 Å². The number of nitrogens with zero attached hydrogens (tertiary/aromatic N) is 3. The van der Waals surface area contributed by atoms with Gasteiger partial charge < -0.3 is 4.57 Å². The SMILES string of the molecule is CCCCCCCc1nc2cc(C#N)ccc2n1C. The fourth-order valence-corrected chi connectivity index (χ4v) is 2.43. The normalized spacial score (nSPS) is 10.8. The van der Waals surface area contributed by atoms with Gasteiger partial charge in [-0.15, -0.1) is 0 Å². The fraction of sp³-hybridized carbons (Fsp3) is 0.500. The Morgan fingerprint density at radius 1 is 1.21 bits per heavy atom. The Hall–Kier alpha value is -1.82. The summed E-state index contributed by atoms with van der Waals surface area (Å²) in [4.78, 5) is 4.65. The van der Waals surface area contributed by atoms with Gasteiger partial charge in [-0.3, -0.25) is 0 Å². The Balaban J connectivity index is 2.07. The predicted octanol–water partition coefficient (Wildman–Crippen LogP) is 3.96. The third-order valence-corrected chi connectivity index (χ3v) is 3.61. The molecule has 3 heteroatoms. The Labute approximate surface area is 114 Å². The predicted molar refractivity (Wildman–Crippen MR) is 77.9 cm³/mol. The zero-order chi connectivity index (χ0) is 13.7. The highest BCUT2D eigenvalue weighted by molar-refractivity contribution is 5.77. The van der Waals surface area contributed by atoms with Crippen LogP contribution in [0.1, 0.15) is 50.4 Å². The molecule has 2 aromatic rings. The van der Waals surface area contributed by atoms with Crippen molar-refractivity contribution >= 4 is 11.0 Å². The van der Waals surface area contributed by atoms with Crippen LogP contribution in [0.5, 0.6) is 0 Å². The van der Waals surface area contributed by atoms with E-state index >= 15 is 0 Å². The Bertz CT molecular complexity index is 590. The summed E-state index contributed by atoms with van der Waals surface area (Å²) in [6, 6.07) is 7.88. The van der Waals surface area contributed by atoms with Gasteiger partial charge in [0.15, 0.2) is 0 Å². The molecule has 0 unspecified atom stereocenters. The molecule has 1 heterocycles. The van der Waals surface area contributed by atoms with Crippen molar-refractivity contribution in [3.8, 4) is 6.07 Å². The average molecular weight is 255 g/mol. The van der Waals surface area contributed by atoms with Crippen LogP contribution in [0.15, 0.2) is 18.2 Å². The molecule has 0 aliphatic rings. The molecule has 2 rings (SSSR count). The highest BCUT2D eigenvalue weighted by Crippen LogP contribution is 2.18. The molecular formula is C16H21N3. The molecule has 0 amide bonds. The van der Waals surface area contributed by atoms with Crippen molar-refractivity contribution < 1.29 is 0 Å². The number of unbranched alkanes of at least 4 members (excludes halogenated alkanes) is 4. The lowest BCUT2D eigenvalue weighted by Gasteiger charge is -2.02. The third-order valence-electron chi connectivity index (χ3n) is 3.61. The highest BCUT2D eigenvalue weighted by atomic mass is 15.1. The van der Waals surface area contributed by atoms with E-state index in [4.69, 9.17) is 5.26 Å². The Morgan fingerprint density at radius 3 is 2.74 bits per heavy atom. The second kappa shape index (κ2) is 6.38. The molecule has 0 aliphatic heterocycles. The van der Waals surface area contributed by atoms with E-state index in [0.29, 0.717) is 5.56 Å². The summed E-state index contributed by atoms with van der Waals surface area (Å²) >= 11 is 0. The van der Waals surface area contributed by atoms with E-state index in [1.807, 2.05) is 18.2 Å². The minimum Gasteiger partial charge on any atom is -0.331 e. The van der Waals surface area contributed by atoms with Crippen LogP contribution >= 0.6 is 0 Å². The first-order chi connectivity index (χ1) is 9.26. The number of aryl methyl sites for hydroxylation is 2. The summed E-state index contributed by atoms with van der Waals surface area (Å²) in [6.45, 7) is 2.23. The summed E-state index contributed by atoms with van der Waals surface area (Å²) in [5.74, 6) is 1.13. The van der Waals surface area contributed by atoms with Crippen molar-refractivity contribution in [2.24, 2.45) is 7.05 Å². The van der Waals surface area contributed by atoms with Gasteiger partial charge in [-0.05, 0) is 24.6 Å². The van der Waals surface area contributed by atoms with E-state index < -0.39 is 0 Å². The van der Waals surface area contributed by atoms with Crippen LogP contribution in [-0.2, 0) is 13.5 Å². The van der Waals surface area contributed by atoms with Crippen molar-refractivity contribution in [3.05, 3.63) is 29.6 Å². The molecule has 0 spiro atoms. The van der Waals surface area contributed by atoms with Crippen LogP contribution in [0.2, 0.25) is 0 Å². The number of hydrogen-bond acceptors (Lipinski definition) is 2. The Kier molecular flexibility index (Phi) is 4.57. The zero-order valence-corrected chi connectivity index (χ0v) is 11.8. The molecular weight excluding hydrogens is 234 g/mol. The highest BCUT2D eigenvalue weighted by Gasteiger charge is 2.07. The second-order valence-electron chi connectivity index (χ2n) is 5.07. The molecule has 0 aliphatic carbocycles. The monoisotopic (exact) mass is 255 g/mol. The molecule has 100 valence electrons. The van der Waals surface area contributed by atoms with Crippen LogP contribution in [0, 0.1) is 11.3 Å². The molecule has 1 aromatic heterocycles. The topological polar surface area (TPSA) is 41.6 Å². The van der Waals surface area contributed by atoms with E-state index in [1.54, 1.807) is 0 Å². The average Bonchev–Trinajstić information content (AvgIpc) is 2.75. The second-order valence-corrected chi connectivity index (χ2v) is 5.07. The molecule has 0 atom stereocenters. The smallest absolute Gasteiger partial charge is 0.109 e. The number of nitriles is 1. The van der Waals surface area contributed by atoms with Crippen LogP contribution in [0.4, 0.5) is 0 Å². The van der Waals surface area contributed by atoms with Gasteiger partial charge in [0.1, 0.15) is 5.82 Å². The van der Waals surface area contributed by atoms with Crippen LogP contribution in [-0.4, -0.2) is 9.55 Å². The molecule has 0 radical (unpaired) electrons. The van der Waals surface area contributed by atoms with Gasteiger partial charge in [0.25, 0.3) is 0 Å². The lowest BCUT2D eigenvalue weighted by atomic mass is 10.1. The minimum atomic E-state index is 0.681. The van der Waals surface area contributed by atoms with Gasteiger partial charge in [-0.2, -0.15) is 5.26 Å². The number of imidazole rings is 1. The maximum absolute atomic E-state index is 8.91. The van der Waals surface area contributed by atoms with Crippen molar-refractivity contribution in [2.75, 3.05) is 0 Å². The van der Waals surface area contributed by atoms with Gasteiger partial charge in [0, 0.05) is 13.5 Å². The Morgan fingerprint density at radius 2 is 2.00 bits per heavy atom. The molecule has 0 fully saturated rings. The number of hydrogen-bond donors (Lipinski definition) is 0. The number of benzene rings is 1. The zero-order valence-electron chi connectivity index (χ0n) is 11.8. The maximum Gasteiger partial charge on any atom is 0.109 e. The standard InChI is InChI=1S/C16H21N3/c1-3-4-5-6-7-8-16-18-14-11-13(12-17)9-10-15(14)19(16)2/h9-11H,3-8H2,1-2H3. The van der Waals surface area contributed by atoms with Gasteiger partial charge in [0.2, 0.25) is 0 Å².